The van der Waals surface area contributed by atoms with E-state index < -0.39 is 5.54 Å². The minimum absolute atomic E-state index is 0.0959. The topological polar surface area (TPSA) is 38.1 Å². The highest BCUT2D eigenvalue weighted by molar-refractivity contribution is 6.01. The van der Waals surface area contributed by atoms with Gasteiger partial charge < -0.3 is 4.57 Å². The van der Waals surface area contributed by atoms with Gasteiger partial charge in [-0.1, -0.05) is 38.1 Å². The van der Waals surface area contributed by atoms with Crippen LogP contribution in [0.5, 0.6) is 0 Å². The van der Waals surface area contributed by atoms with E-state index in [-0.39, 0.29) is 5.91 Å². The Hall–Kier alpha value is -2.10. The monoisotopic (exact) mass is 283 g/mol. The predicted octanol–water partition coefficient (Wildman–Crippen LogP) is 2.94. The minimum atomic E-state index is -0.583. The Morgan fingerprint density at radius 2 is 1.90 bits per heavy atom. The molecule has 4 nitrogen and oxygen atoms in total. The number of nitrogens with zero attached hydrogens (tertiary/aromatic N) is 3. The summed E-state index contributed by atoms with van der Waals surface area (Å²) in [6, 6.07) is 8.56. The van der Waals surface area contributed by atoms with E-state index in [0.717, 1.165) is 5.95 Å². The van der Waals surface area contributed by atoms with Crippen molar-refractivity contribution in [3.63, 3.8) is 0 Å². The number of carbonyl (C=O) groups is 1. The van der Waals surface area contributed by atoms with Gasteiger partial charge in [-0.25, -0.2) is 4.98 Å². The molecule has 1 amide bonds. The zero-order valence-electron chi connectivity index (χ0n) is 13.0. The smallest absolute Gasteiger partial charge is 0.255 e. The van der Waals surface area contributed by atoms with Gasteiger partial charge in [0, 0.05) is 25.9 Å². The van der Waals surface area contributed by atoms with E-state index in [1.54, 1.807) is 18.1 Å². The second-order valence-corrected chi connectivity index (χ2v) is 6.31. The zero-order valence-corrected chi connectivity index (χ0v) is 13.0. The molecule has 1 unspecified atom stereocenters. The lowest BCUT2D eigenvalue weighted by Gasteiger charge is -2.24. The van der Waals surface area contributed by atoms with Gasteiger partial charge in [0.05, 0.1) is 0 Å². The number of benzene rings is 1. The fraction of sp³-hybridized carbons (Fsp3) is 0.412. The molecule has 1 atom stereocenters. The largest absolute Gasteiger partial charge is 0.302 e. The zero-order chi connectivity index (χ0) is 15.2. The number of carbonyl (C=O) groups excluding carboxylic acids is 1. The molecule has 21 heavy (non-hydrogen) atoms. The summed E-state index contributed by atoms with van der Waals surface area (Å²) < 4.78 is 1.98. The molecule has 110 valence electrons. The van der Waals surface area contributed by atoms with Crippen LogP contribution < -0.4 is 4.90 Å². The van der Waals surface area contributed by atoms with Gasteiger partial charge in [-0.15, -0.1) is 0 Å². The molecule has 0 saturated carbocycles. The number of imidazole rings is 1. The van der Waals surface area contributed by atoms with Crippen molar-refractivity contribution in [1.29, 1.82) is 0 Å². The summed E-state index contributed by atoms with van der Waals surface area (Å²) >= 11 is 0. The van der Waals surface area contributed by atoms with Crippen LogP contribution in [0.1, 0.15) is 37.8 Å². The Kier molecular flexibility index (Phi) is 3.12. The van der Waals surface area contributed by atoms with E-state index >= 15 is 0 Å². The molecule has 1 aliphatic heterocycles. The highest BCUT2D eigenvalue weighted by Gasteiger charge is 2.46. The van der Waals surface area contributed by atoms with Crippen LogP contribution in [0.2, 0.25) is 0 Å². The molecule has 1 aromatic carbocycles. The van der Waals surface area contributed by atoms with Crippen molar-refractivity contribution in [2.45, 2.75) is 38.6 Å². The molecule has 2 heterocycles. The van der Waals surface area contributed by atoms with E-state index in [4.69, 9.17) is 0 Å². The van der Waals surface area contributed by atoms with Gasteiger partial charge in [-0.2, -0.15) is 0 Å². The van der Waals surface area contributed by atoms with E-state index in [1.807, 2.05) is 17.7 Å². The van der Waals surface area contributed by atoms with Crippen LogP contribution >= 0.6 is 0 Å². The van der Waals surface area contributed by atoms with Gasteiger partial charge in [0.2, 0.25) is 5.95 Å². The Balaban J connectivity index is 1.92. The van der Waals surface area contributed by atoms with Gasteiger partial charge in [0.1, 0.15) is 5.54 Å². The molecule has 0 saturated heterocycles. The number of fused-ring (bicyclic) bond motifs is 1. The summed E-state index contributed by atoms with van der Waals surface area (Å²) in [4.78, 5) is 18.5. The maximum absolute atomic E-state index is 12.6. The van der Waals surface area contributed by atoms with Crippen molar-refractivity contribution in [3.8, 4) is 0 Å². The first-order valence-electron chi connectivity index (χ1n) is 7.34. The molecule has 2 aromatic rings. The summed E-state index contributed by atoms with van der Waals surface area (Å²) in [6.45, 7) is 6.35. The molecule has 0 fully saturated rings. The maximum Gasteiger partial charge on any atom is 0.255 e. The lowest BCUT2D eigenvalue weighted by molar-refractivity contribution is -0.124. The first-order chi connectivity index (χ1) is 9.93. The molecule has 1 aromatic heterocycles. The maximum atomic E-state index is 12.6. The van der Waals surface area contributed by atoms with Crippen molar-refractivity contribution in [2.24, 2.45) is 0 Å². The quantitative estimate of drug-likeness (QED) is 0.868. The van der Waals surface area contributed by atoms with E-state index in [2.05, 4.69) is 43.1 Å². The lowest BCUT2D eigenvalue weighted by Crippen LogP contribution is -2.40. The number of hydrogen-bond acceptors (Lipinski definition) is 2. The highest BCUT2D eigenvalue weighted by Crippen LogP contribution is 2.35. The third-order valence-electron chi connectivity index (χ3n) is 4.41. The molecule has 4 heteroatoms. The molecule has 0 spiro atoms. The minimum Gasteiger partial charge on any atom is -0.302 e. The standard InChI is InChI=1S/C17H21N3O/c1-12(2)14-7-5-13(6-8-14)11-17(3)15(21)19(4)16-18-9-10-20(16)17/h5-10,12H,11H2,1-4H3. The third-order valence-corrected chi connectivity index (χ3v) is 4.41. The Bertz CT molecular complexity index is 672. The van der Waals surface area contributed by atoms with Crippen molar-refractivity contribution >= 4 is 11.9 Å². The van der Waals surface area contributed by atoms with Gasteiger partial charge >= 0.3 is 0 Å². The van der Waals surface area contributed by atoms with Crippen LogP contribution in [-0.4, -0.2) is 22.5 Å². The average Bonchev–Trinajstić information content (AvgIpc) is 3.01. The summed E-state index contributed by atoms with van der Waals surface area (Å²) in [5, 5.41) is 0. The summed E-state index contributed by atoms with van der Waals surface area (Å²) in [6.07, 6.45) is 4.31. The first kappa shape index (κ1) is 13.9. The van der Waals surface area contributed by atoms with Crippen molar-refractivity contribution < 1.29 is 4.79 Å². The molecule has 0 N–H and O–H groups in total. The van der Waals surface area contributed by atoms with E-state index in [9.17, 15) is 4.79 Å². The van der Waals surface area contributed by atoms with Crippen molar-refractivity contribution in [3.05, 3.63) is 47.8 Å². The fourth-order valence-corrected chi connectivity index (χ4v) is 3.06. The summed E-state index contributed by atoms with van der Waals surface area (Å²) in [5.74, 6) is 1.34. The second-order valence-electron chi connectivity index (χ2n) is 6.31. The average molecular weight is 283 g/mol. The molecule has 1 aliphatic rings. The molecule has 3 rings (SSSR count). The molecule has 0 bridgehead atoms. The first-order valence-corrected chi connectivity index (χ1v) is 7.34. The van der Waals surface area contributed by atoms with Crippen LogP contribution in [0, 0.1) is 0 Å². The van der Waals surface area contributed by atoms with Crippen molar-refractivity contribution in [1.82, 2.24) is 9.55 Å². The number of amides is 1. The second kappa shape index (κ2) is 4.72. The van der Waals surface area contributed by atoms with Crippen LogP contribution in [0.25, 0.3) is 0 Å². The van der Waals surface area contributed by atoms with Gasteiger partial charge in [-0.05, 0) is 24.0 Å². The third kappa shape index (κ3) is 2.06. The number of anilines is 1. The van der Waals surface area contributed by atoms with E-state index in [0.29, 0.717) is 12.3 Å². The number of likely N-dealkylation sites (N-methyl/N-ethyl adjacent to an activating group) is 1. The number of aromatic nitrogens is 2. The molecule has 0 aliphatic carbocycles. The van der Waals surface area contributed by atoms with E-state index in [1.165, 1.54) is 11.1 Å². The van der Waals surface area contributed by atoms with Gasteiger partial charge in [0.25, 0.3) is 5.91 Å². The van der Waals surface area contributed by atoms with Crippen LogP contribution in [0.3, 0.4) is 0 Å². The normalized spacial score (nSPS) is 21.2. The van der Waals surface area contributed by atoms with Gasteiger partial charge in [0.15, 0.2) is 0 Å². The highest BCUT2D eigenvalue weighted by atomic mass is 16.2. The molecule has 0 radical (unpaired) electrons. The SMILES string of the molecule is CC(C)c1ccc(CC2(C)C(=O)N(C)c3nccn32)cc1. The number of hydrogen-bond donors (Lipinski definition) is 0. The Morgan fingerprint density at radius 1 is 1.24 bits per heavy atom. The van der Waals surface area contributed by atoms with Crippen molar-refractivity contribution in [2.75, 3.05) is 11.9 Å². The van der Waals surface area contributed by atoms with Crippen LogP contribution in [0.4, 0.5) is 5.95 Å². The van der Waals surface area contributed by atoms with Crippen LogP contribution in [0.15, 0.2) is 36.7 Å². The molecular formula is C17H21N3O. The fourth-order valence-electron chi connectivity index (χ4n) is 3.06. The van der Waals surface area contributed by atoms with Gasteiger partial charge in [-0.3, -0.25) is 9.69 Å². The summed E-state index contributed by atoms with van der Waals surface area (Å²) in [5.41, 5.74) is 1.91. The lowest BCUT2D eigenvalue weighted by atomic mass is 9.91. The summed E-state index contributed by atoms with van der Waals surface area (Å²) in [7, 11) is 1.79. The molecular weight excluding hydrogens is 262 g/mol. The predicted molar refractivity (Wildman–Crippen MR) is 83.5 cm³/mol. The Labute approximate surface area is 125 Å². The Morgan fingerprint density at radius 3 is 2.52 bits per heavy atom. The van der Waals surface area contributed by atoms with Crippen LogP contribution in [-0.2, 0) is 16.8 Å². The number of rotatable bonds is 3.